The van der Waals surface area contributed by atoms with Gasteiger partial charge in [0.15, 0.2) is 0 Å². The van der Waals surface area contributed by atoms with Crippen molar-refractivity contribution in [2.24, 2.45) is 5.73 Å². The molecule has 0 bridgehead atoms. The minimum absolute atomic E-state index is 0.0763. The fourth-order valence-corrected chi connectivity index (χ4v) is 1.62. The van der Waals surface area contributed by atoms with Gasteiger partial charge in [-0.25, -0.2) is 0 Å². The molecule has 0 aromatic carbocycles. The second-order valence-corrected chi connectivity index (χ2v) is 4.76. The molecule has 0 aliphatic heterocycles. The van der Waals surface area contributed by atoms with Gasteiger partial charge >= 0.3 is 6.18 Å². The summed E-state index contributed by atoms with van der Waals surface area (Å²) in [4.78, 5) is 11.9. The molecule has 0 aliphatic rings. The van der Waals surface area contributed by atoms with E-state index in [0.29, 0.717) is 0 Å². The third kappa shape index (κ3) is 2.69. The van der Waals surface area contributed by atoms with Gasteiger partial charge in [-0.3, -0.25) is 9.36 Å². The molecule has 0 unspecified atom stereocenters. The standard InChI is InChI=1S/C11H15F3N2O/c1-10(2,3)16-8(11(12,13)14)5-4-7(6-15)9(16)17/h4-5H,6,15H2,1-3H3. The minimum atomic E-state index is -4.56. The monoisotopic (exact) mass is 248 g/mol. The Labute approximate surface area is 97.0 Å². The van der Waals surface area contributed by atoms with E-state index in [-0.39, 0.29) is 12.1 Å². The second kappa shape index (κ2) is 4.18. The van der Waals surface area contributed by atoms with E-state index in [4.69, 9.17) is 5.73 Å². The van der Waals surface area contributed by atoms with E-state index >= 15 is 0 Å². The zero-order valence-electron chi connectivity index (χ0n) is 9.93. The third-order valence-corrected chi connectivity index (χ3v) is 2.34. The van der Waals surface area contributed by atoms with Crippen molar-refractivity contribution in [3.8, 4) is 0 Å². The zero-order chi connectivity index (χ0) is 13.4. The Morgan fingerprint density at radius 3 is 2.12 bits per heavy atom. The predicted octanol–water partition coefficient (Wildman–Crippen LogP) is 2.08. The van der Waals surface area contributed by atoms with Gasteiger partial charge in [0.05, 0.1) is 0 Å². The topological polar surface area (TPSA) is 48.0 Å². The molecule has 2 N–H and O–H groups in total. The van der Waals surface area contributed by atoms with E-state index in [1.54, 1.807) is 20.8 Å². The third-order valence-electron chi connectivity index (χ3n) is 2.34. The lowest BCUT2D eigenvalue weighted by molar-refractivity contribution is -0.146. The molecule has 1 aromatic rings. The van der Waals surface area contributed by atoms with Gasteiger partial charge in [0.2, 0.25) is 0 Å². The number of hydrogen-bond donors (Lipinski definition) is 1. The number of nitrogens with two attached hydrogens (primary N) is 1. The first-order chi connectivity index (χ1) is 7.59. The summed E-state index contributed by atoms with van der Waals surface area (Å²) in [7, 11) is 0. The van der Waals surface area contributed by atoms with E-state index in [1.165, 1.54) is 0 Å². The van der Waals surface area contributed by atoms with E-state index in [1.807, 2.05) is 0 Å². The summed E-state index contributed by atoms with van der Waals surface area (Å²) in [5.74, 6) is 0. The average molecular weight is 248 g/mol. The quantitative estimate of drug-likeness (QED) is 0.827. The van der Waals surface area contributed by atoms with Crippen molar-refractivity contribution in [3.63, 3.8) is 0 Å². The number of alkyl halides is 3. The van der Waals surface area contributed by atoms with Crippen molar-refractivity contribution in [3.05, 3.63) is 33.7 Å². The van der Waals surface area contributed by atoms with Gasteiger partial charge in [0.1, 0.15) is 5.69 Å². The molecule has 17 heavy (non-hydrogen) atoms. The number of halogens is 3. The van der Waals surface area contributed by atoms with E-state index in [9.17, 15) is 18.0 Å². The smallest absolute Gasteiger partial charge is 0.326 e. The van der Waals surface area contributed by atoms with E-state index in [2.05, 4.69) is 0 Å². The average Bonchev–Trinajstić information content (AvgIpc) is 2.13. The number of rotatable bonds is 1. The number of hydrogen-bond acceptors (Lipinski definition) is 2. The summed E-state index contributed by atoms with van der Waals surface area (Å²) >= 11 is 0. The summed E-state index contributed by atoms with van der Waals surface area (Å²) in [6, 6.07) is 2.03. The molecule has 0 saturated heterocycles. The van der Waals surface area contributed by atoms with Crippen LogP contribution in [0.15, 0.2) is 16.9 Å². The molecule has 0 saturated carbocycles. The summed E-state index contributed by atoms with van der Waals surface area (Å²) < 4.78 is 39.2. The number of pyridine rings is 1. The van der Waals surface area contributed by atoms with E-state index < -0.39 is 23.0 Å². The van der Waals surface area contributed by atoms with Crippen LogP contribution in [0.5, 0.6) is 0 Å². The largest absolute Gasteiger partial charge is 0.431 e. The lowest BCUT2D eigenvalue weighted by Crippen LogP contribution is -2.40. The fraction of sp³-hybridized carbons (Fsp3) is 0.545. The molecular formula is C11H15F3N2O. The number of nitrogens with zero attached hydrogens (tertiary/aromatic N) is 1. The van der Waals surface area contributed by atoms with Crippen molar-refractivity contribution < 1.29 is 13.2 Å². The molecule has 0 amide bonds. The minimum Gasteiger partial charge on any atom is -0.326 e. The van der Waals surface area contributed by atoms with Crippen LogP contribution in [0.3, 0.4) is 0 Å². The van der Waals surface area contributed by atoms with Crippen LogP contribution < -0.4 is 11.3 Å². The first-order valence-corrected chi connectivity index (χ1v) is 5.11. The molecule has 1 aromatic heterocycles. The van der Waals surface area contributed by atoms with Crippen LogP contribution >= 0.6 is 0 Å². The van der Waals surface area contributed by atoms with Gasteiger partial charge in [-0.15, -0.1) is 0 Å². The molecule has 1 heterocycles. The molecule has 0 fully saturated rings. The highest BCUT2D eigenvalue weighted by Gasteiger charge is 2.37. The highest BCUT2D eigenvalue weighted by atomic mass is 19.4. The Balaban J connectivity index is 3.66. The van der Waals surface area contributed by atoms with Crippen LogP contribution in [0.4, 0.5) is 13.2 Å². The van der Waals surface area contributed by atoms with Gasteiger partial charge in [-0.1, -0.05) is 6.07 Å². The number of aromatic nitrogens is 1. The highest BCUT2D eigenvalue weighted by molar-refractivity contribution is 5.19. The maximum absolute atomic E-state index is 12.8. The Morgan fingerprint density at radius 2 is 1.76 bits per heavy atom. The molecule has 6 heteroatoms. The Bertz CT molecular complexity index is 469. The summed E-state index contributed by atoms with van der Waals surface area (Å²) in [5.41, 5.74) is 2.91. The Hall–Kier alpha value is -1.30. The van der Waals surface area contributed by atoms with Gasteiger partial charge in [-0.2, -0.15) is 13.2 Å². The lowest BCUT2D eigenvalue weighted by Gasteiger charge is -2.27. The SMILES string of the molecule is CC(C)(C)n1c(C(F)(F)F)ccc(CN)c1=O. The van der Waals surface area contributed by atoms with Crippen molar-refractivity contribution in [1.29, 1.82) is 0 Å². The van der Waals surface area contributed by atoms with Gasteiger partial charge in [-0.05, 0) is 26.8 Å². The summed E-state index contributed by atoms with van der Waals surface area (Å²) in [5, 5.41) is 0. The van der Waals surface area contributed by atoms with Gasteiger partial charge in [0, 0.05) is 17.6 Å². The van der Waals surface area contributed by atoms with Crippen LogP contribution in [0.2, 0.25) is 0 Å². The van der Waals surface area contributed by atoms with Crippen LogP contribution in [-0.2, 0) is 18.3 Å². The normalized spacial score (nSPS) is 12.9. The molecule has 1 rings (SSSR count). The predicted molar refractivity (Wildman–Crippen MR) is 58.6 cm³/mol. The van der Waals surface area contributed by atoms with Crippen molar-refractivity contribution in [2.45, 2.75) is 39.0 Å². The summed E-state index contributed by atoms with van der Waals surface area (Å²) in [6.45, 7) is 4.56. The molecular weight excluding hydrogens is 233 g/mol. The van der Waals surface area contributed by atoms with Crippen molar-refractivity contribution in [2.75, 3.05) is 0 Å². The van der Waals surface area contributed by atoms with Crippen LogP contribution in [0.25, 0.3) is 0 Å². The Morgan fingerprint density at radius 1 is 1.24 bits per heavy atom. The van der Waals surface area contributed by atoms with Crippen molar-refractivity contribution in [1.82, 2.24) is 4.57 Å². The van der Waals surface area contributed by atoms with Crippen molar-refractivity contribution >= 4 is 0 Å². The molecule has 96 valence electrons. The maximum atomic E-state index is 12.8. The van der Waals surface area contributed by atoms with Crippen LogP contribution in [-0.4, -0.2) is 4.57 Å². The van der Waals surface area contributed by atoms with Crippen LogP contribution in [0, 0.1) is 0 Å². The van der Waals surface area contributed by atoms with Gasteiger partial charge < -0.3 is 5.73 Å². The first kappa shape index (κ1) is 13.8. The maximum Gasteiger partial charge on any atom is 0.431 e. The molecule has 0 atom stereocenters. The molecule has 0 aliphatic carbocycles. The molecule has 3 nitrogen and oxygen atoms in total. The molecule has 0 radical (unpaired) electrons. The Kier molecular flexibility index (Phi) is 3.38. The van der Waals surface area contributed by atoms with Gasteiger partial charge in [0.25, 0.3) is 5.56 Å². The lowest BCUT2D eigenvalue weighted by atomic mass is 10.1. The zero-order valence-corrected chi connectivity index (χ0v) is 9.93. The second-order valence-electron chi connectivity index (χ2n) is 4.76. The fourth-order valence-electron chi connectivity index (χ4n) is 1.62. The highest BCUT2D eigenvalue weighted by Crippen LogP contribution is 2.31. The van der Waals surface area contributed by atoms with Crippen LogP contribution in [0.1, 0.15) is 32.0 Å². The molecule has 0 spiro atoms. The first-order valence-electron chi connectivity index (χ1n) is 5.11. The van der Waals surface area contributed by atoms with E-state index in [0.717, 1.165) is 16.7 Å². The summed E-state index contributed by atoms with van der Waals surface area (Å²) in [6.07, 6.45) is -4.56.